The molecular formula is C20H22N2O3S. The number of hydrogen-bond acceptors (Lipinski definition) is 3. The number of hydrogen-bond donors (Lipinski definition) is 0. The Bertz CT molecular complexity index is 846. The summed E-state index contributed by atoms with van der Waals surface area (Å²) in [4.78, 5) is 15.0. The molecule has 0 saturated carbocycles. The summed E-state index contributed by atoms with van der Waals surface area (Å²) in [5.74, 6) is 0. The predicted octanol–water partition coefficient (Wildman–Crippen LogP) is 3.64. The van der Waals surface area contributed by atoms with Gasteiger partial charge >= 0.3 is 6.09 Å². The fourth-order valence-electron chi connectivity index (χ4n) is 3.66. The maximum Gasteiger partial charge on any atom is 0.414 e. The zero-order valence-electron chi connectivity index (χ0n) is 14.8. The second-order valence-electron chi connectivity index (χ2n) is 6.78. The minimum atomic E-state index is -1.16. The van der Waals surface area contributed by atoms with Crippen LogP contribution in [-0.4, -0.2) is 33.7 Å². The second kappa shape index (κ2) is 7.21. The number of anilines is 1. The number of carbonyl (C=O) groups excluding carboxylic acids is 1. The average Bonchev–Trinajstić information content (AvgIpc) is 2.67. The summed E-state index contributed by atoms with van der Waals surface area (Å²) >= 11 is 0. The van der Waals surface area contributed by atoms with E-state index in [1.165, 1.54) is 0 Å². The molecule has 4 rings (SSSR count). The summed E-state index contributed by atoms with van der Waals surface area (Å²) in [6, 6.07) is 15.8. The molecule has 0 radical (unpaired) electrons. The summed E-state index contributed by atoms with van der Waals surface area (Å²) in [5, 5.41) is 0. The predicted molar refractivity (Wildman–Crippen MR) is 101 cm³/mol. The lowest BCUT2D eigenvalue weighted by atomic mass is 10.0. The Hall–Kier alpha value is -2.18. The van der Waals surface area contributed by atoms with Crippen LogP contribution < -0.4 is 4.90 Å². The van der Waals surface area contributed by atoms with Gasteiger partial charge in [0.1, 0.15) is 17.6 Å². The van der Waals surface area contributed by atoms with Crippen molar-refractivity contribution in [2.75, 3.05) is 18.0 Å². The van der Waals surface area contributed by atoms with Crippen LogP contribution in [0.15, 0.2) is 53.4 Å². The zero-order valence-corrected chi connectivity index (χ0v) is 15.6. The van der Waals surface area contributed by atoms with Crippen molar-refractivity contribution in [2.24, 2.45) is 0 Å². The Kier molecular flexibility index (Phi) is 4.78. The van der Waals surface area contributed by atoms with Crippen LogP contribution in [0.3, 0.4) is 0 Å². The number of piperidine rings is 1. The third kappa shape index (κ3) is 3.27. The number of fused-ring (bicyclic) bond motifs is 1. The molecule has 0 N–H and O–H groups in total. The van der Waals surface area contributed by atoms with Crippen molar-refractivity contribution >= 4 is 22.8 Å². The van der Waals surface area contributed by atoms with Crippen molar-refractivity contribution in [2.45, 2.75) is 37.3 Å². The molecule has 2 aliphatic rings. The fourth-order valence-corrected chi connectivity index (χ4v) is 4.98. The van der Waals surface area contributed by atoms with Gasteiger partial charge < -0.3 is 4.74 Å². The van der Waals surface area contributed by atoms with E-state index in [1.54, 1.807) is 4.90 Å². The molecule has 0 bridgehead atoms. The number of aryl methyl sites for hydroxylation is 1. The van der Waals surface area contributed by atoms with E-state index in [4.69, 9.17) is 4.74 Å². The molecule has 26 heavy (non-hydrogen) atoms. The molecule has 1 atom stereocenters. The van der Waals surface area contributed by atoms with Crippen molar-refractivity contribution in [3.63, 3.8) is 0 Å². The molecule has 0 aliphatic carbocycles. The minimum absolute atomic E-state index is 0.0784. The van der Waals surface area contributed by atoms with Gasteiger partial charge in [-0.2, -0.15) is 0 Å². The van der Waals surface area contributed by atoms with Gasteiger partial charge in [0, 0.05) is 24.7 Å². The number of amides is 1. The van der Waals surface area contributed by atoms with Crippen molar-refractivity contribution in [3.8, 4) is 0 Å². The second-order valence-corrected chi connectivity index (χ2v) is 8.27. The summed E-state index contributed by atoms with van der Waals surface area (Å²) in [5.41, 5.74) is 3.10. The number of para-hydroxylation sites is 1. The first-order valence-corrected chi connectivity index (χ1v) is 10.0. The van der Waals surface area contributed by atoms with Crippen molar-refractivity contribution in [1.29, 1.82) is 0 Å². The van der Waals surface area contributed by atoms with E-state index in [9.17, 15) is 9.00 Å². The fraction of sp³-hybridized carbons (Fsp3) is 0.350. The van der Waals surface area contributed by atoms with Crippen LogP contribution in [0.5, 0.6) is 0 Å². The van der Waals surface area contributed by atoms with Gasteiger partial charge in [0.2, 0.25) is 0 Å². The molecular weight excluding hydrogens is 348 g/mol. The molecule has 0 spiro atoms. The number of carbonyl (C=O) groups is 1. The molecule has 2 heterocycles. The van der Waals surface area contributed by atoms with Gasteiger partial charge in [0.05, 0.1) is 10.6 Å². The first kappa shape index (κ1) is 17.2. The highest BCUT2D eigenvalue weighted by Crippen LogP contribution is 2.32. The maximum atomic E-state index is 12.8. The highest BCUT2D eigenvalue weighted by molar-refractivity contribution is 7.82. The number of cyclic esters (lactones) is 1. The van der Waals surface area contributed by atoms with E-state index in [0.29, 0.717) is 19.7 Å². The first-order valence-electron chi connectivity index (χ1n) is 8.91. The molecule has 5 nitrogen and oxygen atoms in total. The van der Waals surface area contributed by atoms with Gasteiger partial charge in [-0.15, -0.1) is 0 Å². The summed E-state index contributed by atoms with van der Waals surface area (Å²) < 4.78 is 20.2. The van der Waals surface area contributed by atoms with E-state index in [1.807, 2.05) is 59.8 Å². The smallest absolute Gasteiger partial charge is 0.414 e. The highest BCUT2D eigenvalue weighted by Gasteiger charge is 2.35. The van der Waals surface area contributed by atoms with E-state index < -0.39 is 11.0 Å². The van der Waals surface area contributed by atoms with Crippen LogP contribution in [-0.2, 0) is 22.3 Å². The maximum absolute atomic E-state index is 12.8. The molecule has 1 saturated heterocycles. The molecule has 6 heteroatoms. The van der Waals surface area contributed by atoms with Gasteiger partial charge in [-0.25, -0.2) is 13.3 Å². The van der Waals surface area contributed by atoms with Gasteiger partial charge in [-0.1, -0.05) is 30.3 Å². The van der Waals surface area contributed by atoms with E-state index in [-0.39, 0.29) is 12.1 Å². The largest absolute Gasteiger partial charge is 0.444 e. The number of ether oxygens (including phenoxy) is 1. The summed E-state index contributed by atoms with van der Waals surface area (Å²) in [6.45, 7) is 3.72. The van der Waals surface area contributed by atoms with Gasteiger partial charge in [0.25, 0.3) is 0 Å². The van der Waals surface area contributed by atoms with Crippen LogP contribution in [0.1, 0.15) is 24.0 Å². The number of nitrogens with zero attached hydrogens (tertiary/aromatic N) is 2. The van der Waals surface area contributed by atoms with Gasteiger partial charge in [-0.05, 0) is 43.5 Å². The third-order valence-corrected chi connectivity index (χ3v) is 6.50. The molecule has 2 aromatic rings. The van der Waals surface area contributed by atoms with Crippen LogP contribution in [0.25, 0.3) is 0 Å². The average molecular weight is 370 g/mol. The normalized spacial score (nSPS) is 19.7. The Morgan fingerprint density at radius 1 is 1.08 bits per heavy atom. The van der Waals surface area contributed by atoms with Crippen LogP contribution >= 0.6 is 0 Å². The Labute approximate surface area is 156 Å². The Morgan fingerprint density at radius 2 is 1.85 bits per heavy atom. The standard InChI is InChI=1S/C20H22N2O3S/c1-15-5-4-7-18(13-15)26(24)21-11-9-17(10-12-21)22-19-8-3-2-6-16(19)14-25-20(22)23/h2-8,13,17H,9-12,14H2,1H3. The van der Waals surface area contributed by atoms with Crippen LogP contribution in [0, 0.1) is 6.92 Å². The van der Waals surface area contributed by atoms with Gasteiger partial charge in [0.15, 0.2) is 0 Å². The molecule has 1 unspecified atom stereocenters. The molecule has 136 valence electrons. The summed E-state index contributed by atoms with van der Waals surface area (Å²) in [6.07, 6.45) is 1.28. The summed E-state index contributed by atoms with van der Waals surface area (Å²) in [7, 11) is -1.16. The monoisotopic (exact) mass is 370 g/mol. The zero-order chi connectivity index (χ0) is 18.1. The van der Waals surface area contributed by atoms with Crippen LogP contribution in [0.4, 0.5) is 10.5 Å². The molecule has 2 aromatic carbocycles. The Morgan fingerprint density at radius 3 is 2.62 bits per heavy atom. The first-order chi connectivity index (χ1) is 12.6. The third-order valence-electron chi connectivity index (χ3n) is 5.01. The Balaban J connectivity index is 1.47. The lowest BCUT2D eigenvalue weighted by Gasteiger charge is -2.39. The van der Waals surface area contributed by atoms with E-state index in [0.717, 1.165) is 34.6 Å². The van der Waals surface area contributed by atoms with Crippen molar-refractivity contribution in [3.05, 3.63) is 59.7 Å². The number of benzene rings is 2. The topological polar surface area (TPSA) is 49.9 Å². The quantitative estimate of drug-likeness (QED) is 0.829. The molecule has 2 aliphatic heterocycles. The van der Waals surface area contributed by atoms with E-state index >= 15 is 0 Å². The van der Waals surface area contributed by atoms with Gasteiger partial charge in [-0.3, -0.25) is 4.90 Å². The lowest BCUT2D eigenvalue weighted by Crippen LogP contribution is -2.49. The molecule has 1 amide bonds. The van der Waals surface area contributed by atoms with Crippen LogP contribution in [0.2, 0.25) is 0 Å². The highest BCUT2D eigenvalue weighted by atomic mass is 32.2. The minimum Gasteiger partial charge on any atom is -0.444 e. The van der Waals surface area contributed by atoms with Crippen molar-refractivity contribution < 1.29 is 13.7 Å². The number of rotatable bonds is 3. The van der Waals surface area contributed by atoms with E-state index in [2.05, 4.69) is 0 Å². The lowest BCUT2D eigenvalue weighted by molar-refractivity contribution is 0.136. The SMILES string of the molecule is Cc1cccc(S(=O)N2CCC(N3C(=O)OCc4ccccc43)CC2)c1. The van der Waals surface area contributed by atoms with Crippen molar-refractivity contribution in [1.82, 2.24) is 4.31 Å². The molecule has 0 aromatic heterocycles. The molecule has 1 fully saturated rings.